The molecule has 7 heteroatoms. The lowest BCUT2D eigenvalue weighted by Gasteiger charge is -2.10. The summed E-state index contributed by atoms with van der Waals surface area (Å²) in [5, 5.41) is 2.06. The van der Waals surface area contributed by atoms with Gasteiger partial charge in [0.2, 0.25) is 0 Å². The molecule has 3 aromatic heterocycles. The van der Waals surface area contributed by atoms with Gasteiger partial charge in [-0.1, -0.05) is 152 Å². The molecule has 10 aromatic rings. The van der Waals surface area contributed by atoms with Crippen molar-refractivity contribution in [1.82, 2.24) is 24.9 Å². The average molecular weight is 728 g/mol. The van der Waals surface area contributed by atoms with Gasteiger partial charge in [0.25, 0.3) is 0 Å². The first-order valence-corrected chi connectivity index (χ1v) is 19.3. The topological polar surface area (TPSA) is 64.5 Å². The van der Waals surface area contributed by atoms with Crippen molar-refractivity contribution in [3.05, 3.63) is 176 Å². The third kappa shape index (κ3) is 6.26. The summed E-state index contributed by atoms with van der Waals surface area (Å²) >= 11 is 3.44. The van der Waals surface area contributed by atoms with Crippen molar-refractivity contribution in [3.8, 4) is 77.6 Å². The van der Waals surface area contributed by atoms with E-state index in [2.05, 4.69) is 133 Å². The smallest absolute Gasteiger partial charge is 0.164 e. The molecular weight excluding hydrogens is 699 g/mol. The van der Waals surface area contributed by atoms with Crippen LogP contribution in [0, 0.1) is 0 Å². The predicted octanol–water partition coefficient (Wildman–Crippen LogP) is 12.8. The van der Waals surface area contributed by atoms with E-state index in [4.69, 9.17) is 24.9 Å². The molecule has 0 aliphatic rings. The van der Waals surface area contributed by atoms with E-state index < -0.39 is 0 Å². The van der Waals surface area contributed by atoms with E-state index in [0.29, 0.717) is 17.5 Å². The first-order chi connectivity index (χ1) is 26.7. The van der Waals surface area contributed by atoms with E-state index in [1.807, 2.05) is 42.5 Å². The molecule has 0 radical (unpaired) electrons. The van der Waals surface area contributed by atoms with Crippen molar-refractivity contribution in [2.24, 2.45) is 0 Å². The van der Waals surface area contributed by atoms with Crippen LogP contribution in [0.2, 0.25) is 0 Å². The molecule has 0 amide bonds. The molecule has 0 spiro atoms. The van der Waals surface area contributed by atoms with Crippen molar-refractivity contribution in [2.45, 2.75) is 0 Å². The van der Waals surface area contributed by atoms with E-state index in [9.17, 15) is 0 Å². The standard InChI is InChI=1S/C47H29N5S2/c1-4-10-32(11-5-1)43-50-44(33-20-16-30(17-21-33)37-24-26-39-41(28-37)53-46(48-39)35-12-6-2-7-13-35)52-45(51-43)34-22-18-31(19-23-34)38-25-27-40-42(29-38)54-47(49-40)36-14-8-3-9-15-36/h1-29H. The first kappa shape index (κ1) is 32.0. The second kappa shape index (κ2) is 13.7. The van der Waals surface area contributed by atoms with E-state index in [1.165, 1.54) is 0 Å². The van der Waals surface area contributed by atoms with Crippen molar-refractivity contribution >= 4 is 43.1 Å². The summed E-state index contributed by atoms with van der Waals surface area (Å²) in [6, 6.07) is 60.6. The zero-order chi connectivity index (χ0) is 35.8. The van der Waals surface area contributed by atoms with Crippen molar-refractivity contribution < 1.29 is 0 Å². The highest BCUT2D eigenvalue weighted by Gasteiger charge is 2.14. The van der Waals surface area contributed by atoms with E-state index in [0.717, 1.165) is 80.5 Å². The molecule has 0 atom stereocenters. The van der Waals surface area contributed by atoms with Gasteiger partial charge in [0, 0.05) is 27.8 Å². The summed E-state index contributed by atoms with van der Waals surface area (Å²) in [5.74, 6) is 1.90. The highest BCUT2D eigenvalue weighted by atomic mass is 32.1. The van der Waals surface area contributed by atoms with Gasteiger partial charge in [-0.25, -0.2) is 24.9 Å². The fraction of sp³-hybridized carbons (Fsp3) is 0. The third-order valence-electron chi connectivity index (χ3n) is 9.44. The summed E-state index contributed by atoms with van der Waals surface area (Å²) in [7, 11) is 0. The van der Waals surface area contributed by atoms with E-state index >= 15 is 0 Å². The fourth-order valence-corrected chi connectivity index (χ4v) is 8.61. The maximum absolute atomic E-state index is 5.01. The summed E-state index contributed by atoms with van der Waals surface area (Å²) in [6.07, 6.45) is 0. The van der Waals surface area contributed by atoms with Gasteiger partial charge in [-0.3, -0.25) is 0 Å². The lowest BCUT2D eigenvalue weighted by atomic mass is 10.0. The van der Waals surface area contributed by atoms with Gasteiger partial charge >= 0.3 is 0 Å². The molecule has 54 heavy (non-hydrogen) atoms. The fourth-order valence-electron chi connectivity index (χ4n) is 6.59. The van der Waals surface area contributed by atoms with Gasteiger partial charge in [0.15, 0.2) is 17.5 Å². The molecular formula is C47H29N5S2. The van der Waals surface area contributed by atoms with E-state index in [-0.39, 0.29) is 0 Å². The van der Waals surface area contributed by atoms with Crippen molar-refractivity contribution in [2.75, 3.05) is 0 Å². The summed E-state index contributed by atoms with van der Waals surface area (Å²) in [6.45, 7) is 0. The van der Waals surface area contributed by atoms with Gasteiger partial charge in [0.05, 0.1) is 20.4 Å². The van der Waals surface area contributed by atoms with Crippen LogP contribution in [0.4, 0.5) is 0 Å². The van der Waals surface area contributed by atoms with Crippen LogP contribution in [-0.4, -0.2) is 24.9 Å². The van der Waals surface area contributed by atoms with E-state index in [1.54, 1.807) is 22.7 Å². The number of hydrogen-bond acceptors (Lipinski definition) is 7. The monoisotopic (exact) mass is 727 g/mol. The summed E-state index contributed by atoms with van der Waals surface area (Å²) in [4.78, 5) is 24.7. The average Bonchev–Trinajstić information content (AvgIpc) is 3.89. The molecule has 0 aliphatic heterocycles. The minimum atomic E-state index is 0.629. The maximum atomic E-state index is 5.01. The van der Waals surface area contributed by atoms with Gasteiger partial charge in [-0.2, -0.15) is 0 Å². The van der Waals surface area contributed by atoms with Crippen LogP contribution >= 0.6 is 22.7 Å². The van der Waals surface area contributed by atoms with Gasteiger partial charge in [0.1, 0.15) is 10.0 Å². The molecule has 7 aromatic carbocycles. The Bertz CT molecular complexity index is 2720. The molecule has 3 heterocycles. The zero-order valence-corrected chi connectivity index (χ0v) is 30.4. The number of benzene rings is 7. The lowest BCUT2D eigenvalue weighted by Crippen LogP contribution is -2.00. The zero-order valence-electron chi connectivity index (χ0n) is 28.8. The molecule has 10 rings (SSSR count). The summed E-state index contributed by atoms with van der Waals surface area (Å²) in [5.41, 5.74) is 11.6. The van der Waals surface area contributed by atoms with Crippen LogP contribution in [0.5, 0.6) is 0 Å². The van der Waals surface area contributed by atoms with Gasteiger partial charge < -0.3 is 0 Å². The molecule has 254 valence electrons. The highest BCUT2D eigenvalue weighted by molar-refractivity contribution is 7.22. The number of rotatable bonds is 7. The Morgan fingerprint density at radius 3 is 0.963 bits per heavy atom. The van der Waals surface area contributed by atoms with Crippen LogP contribution in [0.15, 0.2) is 176 Å². The number of thiazole rings is 2. The Labute approximate surface area is 320 Å². The molecule has 0 N–H and O–H groups in total. The van der Waals surface area contributed by atoms with Crippen LogP contribution in [0.3, 0.4) is 0 Å². The number of nitrogens with zero attached hydrogens (tertiary/aromatic N) is 5. The molecule has 0 unspecified atom stereocenters. The van der Waals surface area contributed by atoms with Crippen LogP contribution < -0.4 is 0 Å². The second-order valence-electron chi connectivity index (χ2n) is 13.0. The van der Waals surface area contributed by atoms with Gasteiger partial charge in [-0.15, -0.1) is 22.7 Å². The highest BCUT2D eigenvalue weighted by Crippen LogP contribution is 2.36. The molecule has 0 saturated heterocycles. The SMILES string of the molecule is c1ccc(-c2nc(-c3ccc(-c4ccc5nc(-c6ccccc6)sc5c4)cc3)nc(-c3ccc(-c4ccc5nc(-c6ccccc6)sc5c4)cc3)n2)cc1. The van der Waals surface area contributed by atoms with Crippen molar-refractivity contribution in [1.29, 1.82) is 0 Å². The minimum Gasteiger partial charge on any atom is -0.236 e. The quantitative estimate of drug-likeness (QED) is 0.164. The first-order valence-electron chi connectivity index (χ1n) is 17.7. The second-order valence-corrected chi connectivity index (χ2v) is 15.0. The predicted molar refractivity (Wildman–Crippen MR) is 224 cm³/mol. The van der Waals surface area contributed by atoms with Crippen molar-refractivity contribution in [3.63, 3.8) is 0 Å². The minimum absolute atomic E-state index is 0.629. The van der Waals surface area contributed by atoms with Crippen LogP contribution in [0.25, 0.3) is 98.0 Å². The largest absolute Gasteiger partial charge is 0.236 e. The number of aromatic nitrogens is 5. The Hall–Kier alpha value is -6.67. The Kier molecular flexibility index (Phi) is 8.13. The third-order valence-corrected chi connectivity index (χ3v) is 11.6. The molecule has 5 nitrogen and oxygen atoms in total. The van der Waals surface area contributed by atoms with Crippen LogP contribution in [0.1, 0.15) is 0 Å². The maximum Gasteiger partial charge on any atom is 0.164 e. The number of hydrogen-bond donors (Lipinski definition) is 0. The Morgan fingerprint density at radius 2 is 0.574 bits per heavy atom. The normalized spacial score (nSPS) is 11.3. The summed E-state index contributed by atoms with van der Waals surface area (Å²) < 4.78 is 2.33. The Balaban J connectivity index is 0.960. The lowest BCUT2D eigenvalue weighted by molar-refractivity contribution is 1.07. The molecule has 0 bridgehead atoms. The van der Waals surface area contributed by atoms with Crippen LogP contribution in [-0.2, 0) is 0 Å². The molecule has 0 saturated carbocycles. The van der Waals surface area contributed by atoms with Gasteiger partial charge in [-0.05, 0) is 46.5 Å². The Morgan fingerprint density at radius 1 is 0.259 bits per heavy atom. The molecule has 0 fully saturated rings. The number of fused-ring (bicyclic) bond motifs is 2. The molecule has 0 aliphatic carbocycles.